The van der Waals surface area contributed by atoms with E-state index in [1.807, 2.05) is 12.5 Å². The normalized spacial score (nSPS) is 23.1. The molecule has 1 heteroatoms. The maximum atomic E-state index is 11.0. The van der Waals surface area contributed by atoms with Gasteiger partial charge in [-0.15, -0.1) is 0 Å². The van der Waals surface area contributed by atoms with Crippen LogP contribution in [0, 0.1) is 12.3 Å². The molecule has 1 nitrogen and oxygen atoms in total. The molecule has 1 aliphatic rings. The molecule has 1 saturated carbocycles. The van der Waals surface area contributed by atoms with Crippen LogP contribution in [0.15, 0.2) is 11.6 Å². The quantitative estimate of drug-likeness (QED) is 0.506. The van der Waals surface area contributed by atoms with Gasteiger partial charge in [0.1, 0.15) is 0 Å². The SMILES string of the molecule is CC(C)/C=C1\[CH]CCC1=O. The Balaban J connectivity index is 2.62. The predicted molar refractivity (Wildman–Crippen MR) is 41.5 cm³/mol. The summed E-state index contributed by atoms with van der Waals surface area (Å²) in [5.41, 5.74) is 0.940. The highest BCUT2D eigenvalue weighted by molar-refractivity contribution is 5.99. The Morgan fingerprint density at radius 1 is 1.60 bits per heavy atom. The van der Waals surface area contributed by atoms with Gasteiger partial charge in [-0.1, -0.05) is 19.9 Å². The number of rotatable bonds is 1. The molecule has 55 valence electrons. The van der Waals surface area contributed by atoms with Gasteiger partial charge < -0.3 is 0 Å². The Kier molecular flexibility index (Phi) is 2.25. The van der Waals surface area contributed by atoms with E-state index in [2.05, 4.69) is 13.8 Å². The highest BCUT2D eigenvalue weighted by Crippen LogP contribution is 2.20. The molecule has 0 saturated heterocycles. The maximum Gasteiger partial charge on any atom is 0.158 e. The average Bonchev–Trinajstić information content (AvgIpc) is 2.15. The molecule has 10 heavy (non-hydrogen) atoms. The second kappa shape index (κ2) is 3.00. The number of ketones is 1. The van der Waals surface area contributed by atoms with Crippen molar-refractivity contribution in [3.05, 3.63) is 18.1 Å². The number of carbonyl (C=O) groups is 1. The standard InChI is InChI=1S/C9H13O/c1-7(2)6-8-4-3-5-9(8)10/h4,6-7H,3,5H2,1-2H3/b8-6+. The molecule has 1 radical (unpaired) electrons. The molecule has 0 unspecified atom stereocenters. The summed E-state index contributed by atoms with van der Waals surface area (Å²) >= 11 is 0. The van der Waals surface area contributed by atoms with E-state index in [1.54, 1.807) is 0 Å². The van der Waals surface area contributed by atoms with Gasteiger partial charge in [0, 0.05) is 6.42 Å². The minimum atomic E-state index is 0.314. The first-order chi connectivity index (χ1) is 4.70. The van der Waals surface area contributed by atoms with Crippen molar-refractivity contribution < 1.29 is 4.79 Å². The summed E-state index contributed by atoms with van der Waals surface area (Å²) in [7, 11) is 0. The molecule has 0 N–H and O–H groups in total. The van der Waals surface area contributed by atoms with E-state index < -0.39 is 0 Å². The lowest BCUT2D eigenvalue weighted by Crippen LogP contribution is -1.93. The van der Waals surface area contributed by atoms with Crippen LogP contribution < -0.4 is 0 Å². The van der Waals surface area contributed by atoms with E-state index in [1.165, 1.54) is 0 Å². The molecule has 0 aliphatic heterocycles. The molecule has 0 aromatic carbocycles. The van der Waals surface area contributed by atoms with E-state index in [0.29, 0.717) is 11.7 Å². The van der Waals surface area contributed by atoms with Crippen LogP contribution in [-0.2, 0) is 4.79 Å². The van der Waals surface area contributed by atoms with Crippen LogP contribution in [0.25, 0.3) is 0 Å². The van der Waals surface area contributed by atoms with Gasteiger partial charge in [0.05, 0.1) is 0 Å². The van der Waals surface area contributed by atoms with Gasteiger partial charge in [-0.3, -0.25) is 4.79 Å². The van der Waals surface area contributed by atoms with E-state index in [4.69, 9.17) is 0 Å². The molecule has 0 amide bonds. The van der Waals surface area contributed by atoms with Gasteiger partial charge >= 0.3 is 0 Å². The molecular weight excluding hydrogens is 124 g/mol. The fourth-order valence-corrected chi connectivity index (χ4v) is 1.14. The fourth-order valence-electron chi connectivity index (χ4n) is 1.14. The van der Waals surface area contributed by atoms with Crippen LogP contribution in [0.5, 0.6) is 0 Å². The van der Waals surface area contributed by atoms with Crippen molar-refractivity contribution >= 4 is 5.78 Å². The van der Waals surface area contributed by atoms with E-state index in [-0.39, 0.29) is 0 Å². The second-order valence-electron chi connectivity index (χ2n) is 3.03. The summed E-state index contributed by atoms with van der Waals surface area (Å²) < 4.78 is 0. The highest BCUT2D eigenvalue weighted by Gasteiger charge is 2.16. The van der Waals surface area contributed by atoms with Crippen LogP contribution in [0.4, 0.5) is 0 Å². The molecule has 1 aliphatic carbocycles. The fraction of sp³-hybridized carbons (Fsp3) is 0.556. The maximum absolute atomic E-state index is 11.0. The number of Topliss-reactive ketones (excluding diaryl/α,β-unsaturated/α-hetero) is 1. The Labute approximate surface area is 62.1 Å². The molecule has 0 aromatic heterocycles. The van der Waals surface area contributed by atoms with E-state index >= 15 is 0 Å². The van der Waals surface area contributed by atoms with E-state index in [9.17, 15) is 4.79 Å². The Morgan fingerprint density at radius 3 is 2.70 bits per heavy atom. The number of allylic oxidation sites excluding steroid dienone is 2. The molecule has 0 bridgehead atoms. The number of carbonyl (C=O) groups excluding carboxylic acids is 1. The monoisotopic (exact) mass is 137 g/mol. The summed E-state index contributed by atoms with van der Waals surface area (Å²) in [6, 6.07) is 0. The smallest absolute Gasteiger partial charge is 0.158 e. The van der Waals surface area contributed by atoms with Crippen LogP contribution in [-0.4, -0.2) is 5.78 Å². The summed E-state index contributed by atoms with van der Waals surface area (Å²) in [5, 5.41) is 0. The lowest BCUT2D eigenvalue weighted by molar-refractivity contribution is -0.114. The van der Waals surface area contributed by atoms with Crippen LogP contribution in [0.3, 0.4) is 0 Å². The van der Waals surface area contributed by atoms with Crippen molar-refractivity contribution in [1.29, 1.82) is 0 Å². The molecule has 0 spiro atoms. The Bertz CT molecular complexity index is 166. The third-order valence-corrected chi connectivity index (χ3v) is 1.57. The van der Waals surface area contributed by atoms with Crippen molar-refractivity contribution in [3.63, 3.8) is 0 Å². The molecule has 0 heterocycles. The number of hydrogen-bond acceptors (Lipinski definition) is 1. The van der Waals surface area contributed by atoms with Gasteiger partial charge in [0.25, 0.3) is 0 Å². The Morgan fingerprint density at radius 2 is 2.30 bits per heavy atom. The van der Waals surface area contributed by atoms with Crippen molar-refractivity contribution in [3.8, 4) is 0 Å². The highest BCUT2D eigenvalue weighted by atomic mass is 16.1. The topological polar surface area (TPSA) is 17.1 Å². The molecular formula is C9H13O. The van der Waals surface area contributed by atoms with Gasteiger partial charge in [0.2, 0.25) is 0 Å². The third kappa shape index (κ3) is 1.69. The van der Waals surface area contributed by atoms with Crippen molar-refractivity contribution in [1.82, 2.24) is 0 Å². The van der Waals surface area contributed by atoms with Gasteiger partial charge in [-0.25, -0.2) is 0 Å². The first kappa shape index (κ1) is 7.52. The van der Waals surface area contributed by atoms with Gasteiger partial charge in [0.15, 0.2) is 5.78 Å². The Hall–Kier alpha value is -0.590. The second-order valence-corrected chi connectivity index (χ2v) is 3.03. The minimum absolute atomic E-state index is 0.314. The number of hydrogen-bond donors (Lipinski definition) is 0. The average molecular weight is 137 g/mol. The van der Waals surface area contributed by atoms with Crippen LogP contribution >= 0.6 is 0 Å². The zero-order chi connectivity index (χ0) is 7.56. The lowest BCUT2D eigenvalue weighted by atomic mass is 10.1. The first-order valence-electron chi connectivity index (χ1n) is 3.78. The molecule has 0 atom stereocenters. The zero-order valence-corrected chi connectivity index (χ0v) is 6.55. The van der Waals surface area contributed by atoms with Crippen molar-refractivity contribution in [2.45, 2.75) is 26.7 Å². The van der Waals surface area contributed by atoms with E-state index in [0.717, 1.165) is 18.4 Å². The first-order valence-corrected chi connectivity index (χ1v) is 3.78. The zero-order valence-electron chi connectivity index (χ0n) is 6.55. The minimum Gasteiger partial charge on any atom is -0.295 e. The van der Waals surface area contributed by atoms with Crippen molar-refractivity contribution in [2.75, 3.05) is 0 Å². The largest absolute Gasteiger partial charge is 0.295 e. The lowest BCUT2D eigenvalue weighted by Gasteiger charge is -1.96. The predicted octanol–water partition coefficient (Wildman–Crippen LogP) is 2.14. The van der Waals surface area contributed by atoms with Gasteiger partial charge in [-0.05, 0) is 24.3 Å². The summed E-state index contributed by atoms with van der Waals surface area (Å²) in [4.78, 5) is 11.0. The van der Waals surface area contributed by atoms with Crippen molar-refractivity contribution in [2.24, 2.45) is 5.92 Å². The molecule has 1 rings (SSSR count). The van der Waals surface area contributed by atoms with Crippen LogP contribution in [0.2, 0.25) is 0 Å². The van der Waals surface area contributed by atoms with Gasteiger partial charge in [-0.2, -0.15) is 0 Å². The molecule has 0 aromatic rings. The molecule has 1 fully saturated rings. The van der Waals surface area contributed by atoms with Crippen LogP contribution in [0.1, 0.15) is 26.7 Å². The third-order valence-electron chi connectivity index (χ3n) is 1.57. The summed E-state index contributed by atoms with van der Waals surface area (Å²) in [6.45, 7) is 4.18. The summed E-state index contributed by atoms with van der Waals surface area (Å²) in [6.07, 6.45) is 5.73. The summed E-state index contributed by atoms with van der Waals surface area (Å²) in [5.74, 6) is 0.807.